The number of rotatable bonds is 5. The van der Waals surface area contributed by atoms with Crippen LogP contribution in [0.15, 0.2) is 0 Å². The molecule has 4 rings (SSSR count). The van der Waals surface area contributed by atoms with E-state index in [-0.39, 0.29) is 0 Å². The molecule has 29 heavy (non-hydrogen) atoms. The molecular weight excluding hydrogens is 348 g/mol. The number of hydrogen-bond acceptors (Lipinski definition) is 0. The Hall–Kier alpha value is 0. The Morgan fingerprint density at radius 3 is 2.14 bits per heavy atom. The van der Waals surface area contributed by atoms with Gasteiger partial charge in [0.1, 0.15) is 0 Å². The van der Waals surface area contributed by atoms with Crippen LogP contribution in [-0.4, -0.2) is 0 Å². The molecule has 4 aliphatic rings. The molecule has 1 unspecified atom stereocenters. The summed E-state index contributed by atoms with van der Waals surface area (Å²) in [5.74, 6) is 8.86. The molecule has 0 aliphatic heterocycles. The largest absolute Gasteiger partial charge is 0.0625 e. The predicted octanol–water partition coefficient (Wildman–Crippen LogP) is 8.99. The fourth-order valence-corrected chi connectivity index (χ4v) is 9.83. The lowest BCUT2D eigenvalue weighted by atomic mass is 9.43. The van der Waals surface area contributed by atoms with Gasteiger partial charge in [-0.15, -0.1) is 0 Å². The van der Waals surface area contributed by atoms with E-state index in [1.54, 1.807) is 38.5 Å². The second-order valence-electron chi connectivity index (χ2n) is 13.4. The third-order valence-electron chi connectivity index (χ3n) is 12.0. The van der Waals surface area contributed by atoms with Crippen molar-refractivity contribution in [2.24, 2.45) is 64.1 Å². The van der Waals surface area contributed by atoms with Crippen molar-refractivity contribution in [2.75, 3.05) is 0 Å². The van der Waals surface area contributed by atoms with Crippen molar-refractivity contribution in [1.82, 2.24) is 0 Å². The first-order chi connectivity index (χ1) is 13.7. The summed E-state index contributed by atoms with van der Waals surface area (Å²) in [7, 11) is 0. The summed E-state index contributed by atoms with van der Waals surface area (Å²) in [6.45, 7) is 18.0. The van der Waals surface area contributed by atoms with E-state index < -0.39 is 0 Å². The van der Waals surface area contributed by atoms with Crippen LogP contribution in [0, 0.1) is 64.1 Å². The van der Waals surface area contributed by atoms with Gasteiger partial charge < -0.3 is 0 Å². The predicted molar refractivity (Wildman–Crippen MR) is 127 cm³/mol. The molecule has 4 aliphatic carbocycles. The fourth-order valence-electron chi connectivity index (χ4n) is 9.83. The van der Waals surface area contributed by atoms with E-state index in [4.69, 9.17) is 0 Å². The Balaban J connectivity index is 1.47. The van der Waals surface area contributed by atoms with E-state index in [1.165, 1.54) is 32.1 Å². The number of fused-ring (bicyclic) bond motifs is 5. The van der Waals surface area contributed by atoms with Gasteiger partial charge in [-0.3, -0.25) is 0 Å². The van der Waals surface area contributed by atoms with Crippen LogP contribution in [0.25, 0.3) is 0 Å². The second kappa shape index (κ2) is 8.16. The zero-order chi connectivity index (χ0) is 21.0. The van der Waals surface area contributed by atoms with Crippen LogP contribution in [0.1, 0.15) is 119 Å². The van der Waals surface area contributed by atoms with Gasteiger partial charge in [0.15, 0.2) is 0 Å². The Morgan fingerprint density at radius 1 is 0.724 bits per heavy atom. The molecule has 0 saturated heterocycles. The summed E-state index contributed by atoms with van der Waals surface area (Å²) in [6, 6.07) is 0. The van der Waals surface area contributed by atoms with E-state index in [1.807, 2.05) is 0 Å². The Morgan fingerprint density at radius 2 is 1.41 bits per heavy atom. The van der Waals surface area contributed by atoms with Gasteiger partial charge in [0.05, 0.1) is 0 Å². The summed E-state index contributed by atoms with van der Waals surface area (Å²) >= 11 is 0. The SMILES string of the molecule is CC(C)[C@@H](C)CC[C@@H](C)[C@H]1CC[C@H]2[C@@H]3CCC4[C@H](C)CCC[C@]4(C)[C@H]3CC[C@]12C. The van der Waals surface area contributed by atoms with Gasteiger partial charge in [-0.25, -0.2) is 0 Å². The standard InChI is InChI=1S/C29H52/c1-19(2)20(3)10-11-22(5)25-14-15-26-23-12-13-24-21(4)9-8-17-28(24,6)27(23)16-18-29(25,26)7/h19-27H,8-18H2,1-7H3/t20-,21+,22+,23-,24?,25+,26-,27-,28-,29+/m0/s1. The van der Waals surface area contributed by atoms with Crippen LogP contribution >= 0.6 is 0 Å². The maximum atomic E-state index is 2.76. The van der Waals surface area contributed by atoms with Crippen LogP contribution in [-0.2, 0) is 0 Å². The molecule has 0 amide bonds. The van der Waals surface area contributed by atoms with Crippen LogP contribution in [0.3, 0.4) is 0 Å². The van der Waals surface area contributed by atoms with Crippen molar-refractivity contribution >= 4 is 0 Å². The highest BCUT2D eigenvalue weighted by Gasteiger charge is 2.60. The van der Waals surface area contributed by atoms with Crippen molar-refractivity contribution in [3.8, 4) is 0 Å². The number of hydrogen-bond donors (Lipinski definition) is 0. The third kappa shape index (κ3) is 3.65. The molecule has 168 valence electrons. The lowest BCUT2D eigenvalue weighted by molar-refractivity contribution is -0.127. The molecule has 0 aromatic rings. The van der Waals surface area contributed by atoms with Gasteiger partial charge in [0.25, 0.3) is 0 Å². The van der Waals surface area contributed by atoms with Crippen LogP contribution < -0.4 is 0 Å². The Bertz CT molecular complexity index is 562. The van der Waals surface area contributed by atoms with Gasteiger partial charge in [0.2, 0.25) is 0 Å². The van der Waals surface area contributed by atoms with Gasteiger partial charge in [-0.05, 0) is 109 Å². The van der Waals surface area contributed by atoms with Crippen molar-refractivity contribution < 1.29 is 0 Å². The highest BCUT2D eigenvalue weighted by Crippen LogP contribution is 2.68. The molecule has 0 heterocycles. The summed E-state index contributed by atoms with van der Waals surface area (Å²) in [5, 5.41) is 0. The summed E-state index contributed by atoms with van der Waals surface area (Å²) in [6.07, 6.45) is 16.8. The van der Waals surface area contributed by atoms with Gasteiger partial charge >= 0.3 is 0 Å². The molecule has 0 aromatic heterocycles. The first-order valence-corrected chi connectivity index (χ1v) is 13.7. The van der Waals surface area contributed by atoms with E-state index >= 15 is 0 Å². The first-order valence-electron chi connectivity index (χ1n) is 13.7. The van der Waals surface area contributed by atoms with Gasteiger partial charge in [0, 0.05) is 0 Å². The highest BCUT2D eigenvalue weighted by molar-refractivity contribution is 5.09. The zero-order valence-electron chi connectivity index (χ0n) is 21.0. The fraction of sp³-hybridized carbons (Fsp3) is 1.00. The second-order valence-corrected chi connectivity index (χ2v) is 13.4. The molecule has 0 N–H and O–H groups in total. The molecule has 10 atom stereocenters. The summed E-state index contributed by atoms with van der Waals surface area (Å²) in [4.78, 5) is 0. The molecule has 0 heteroatoms. The molecule has 0 aromatic carbocycles. The summed E-state index contributed by atoms with van der Waals surface area (Å²) in [5.41, 5.74) is 1.34. The molecule has 0 radical (unpaired) electrons. The zero-order valence-corrected chi connectivity index (χ0v) is 21.0. The van der Waals surface area contributed by atoms with E-state index in [9.17, 15) is 0 Å². The Kier molecular flexibility index (Phi) is 6.25. The van der Waals surface area contributed by atoms with Crippen molar-refractivity contribution in [3.63, 3.8) is 0 Å². The molecule has 4 fully saturated rings. The Labute approximate surface area is 183 Å². The van der Waals surface area contributed by atoms with Crippen LogP contribution in [0.2, 0.25) is 0 Å². The lowest BCUT2D eigenvalue weighted by Gasteiger charge is -2.62. The van der Waals surface area contributed by atoms with Crippen LogP contribution in [0.5, 0.6) is 0 Å². The highest BCUT2D eigenvalue weighted by atomic mass is 14.7. The normalized spacial score (nSPS) is 49.2. The van der Waals surface area contributed by atoms with E-state index in [0.717, 1.165) is 53.3 Å². The lowest BCUT2D eigenvalue weighted by Crippen LogP contribution is -2.54. The average molecular weight is 401 g/mol. The minimum absolute atomic E-state index is 0.658. The minimum Gasteiger partial charge on any atom is -0.0625 e. The van der Waals surface area contributed by atoms with Crippen molar-refractivity contribution in [1.29, 1.82) is 0 Å². The maximum absolute atomic E-state index is 2.76. The first kappa shape index (κ1) is 22.2. The van der Waals surface area contributed by atoms with Gasteiger partial charge in [-0.2, -0.15) is 0 Å². The molecular formula is C29H52. The average Bonchev–Trinajstić information content (AvgIpc) is 3.03. The smallest absolute Gasteiger partial charge is 0.0264 e. The molecule has 4 saturated carbocycles. The summed E-state index contributed by atoms with van der Waals surface area (Å²) < 4.78 is 0. The molecule has 0 spiro atoms. The minimum atomic E-state index is 0.658. The quantitative estimate of drug-likeness (QED) is 0.432. The molecule has 0 nitrogen and oxygen atoms in total. The van der Waals surface area contributed by atoms with Crippen molar-refractivity contribution in [3.05, 3.63) is 0 Å². The third-order valence-corrected chi connectivity index (χ3v) is 12.0. The maximum Gasteiger partial charge on any atom is -0.0264 e. The topological polar surface area (TPSA) is 0 Å². The molecule has 0 bridgehead atoms. The van der Waals surface area contributed by atoms with Crippen molar-refractivity contribution in [2.45, 2.75) is 119 Å². The van der Waals surface area contributed by atoms with E-state index in [0.29, 0.717) is 10.8 Å². The van der Waals surface area contributed by atoms with Crippen LogP contribution in [0.4, 0.5) is 0 Å². The monoisotopic (exact) mass is 400 g/mol. The van der Waals surface area contributed by atoms with Gasteiger partial charge in [-0.1, -0.05) is 74.1 Å². The van der Waals surface area contributed by atoms with E-state index in [2.05, 4.69) is 48.5 Å².